The predicted octanol–water partition coefficient (Wildman–Crippen LogP) is 0.222. The Morgan fingerprint density at radius 1 is 1.26 bits per heavy atom. The van der Waals surface area contributed by atoms with Gasteiger partial charge in [0.05, 0.1) is 12.2 Å². The normalized spacial score (nSPS) is 25.9. The molecule has 0 aliphatic carbocycles. The van der Waals surface area contributed by atoms with Crippen molar-refractivity contribution >= 4 is 11.6 Å². The van der Waals surface area contributed by atoms with Gasteiger partial charge in [-0.3, -0.25) is 4.79 Å². The van der Waals surface area contributed by atoms with Gasteiger partial charge >= 0.3 is 0 Å². The molecule has 102 valence electrons. The van der Waals surface area contributed by atoms with Crippen LogP contribution in [-0.2, 0) is 6.42 Å². The monoisotopic (exact) mass is 262 g/mol. The van der Waals surface area contributed by atoms with E-state index in [2.05, 4.69) is 5.32 Å². The van der Waals surface area contributed by atoms with E-state index in [1.807, 2.05) is 18.2 Å². The second-order valence-electron chi connectivity index (χ2n) is 5.21. The van der Waals surface area contributed by atoms with Gasteiger partial charge in [-0.25, -0.2) is 0 Å². The second-order valence-corrected chi connectivity index (χ2v) is 5.21. The Hall–Kier alpha value is -1.59. The molecule has 0 radical (unpaired) electrons. The lowest BCUT2D eigenvalue weighted by atomic mass is 9.97. The third kappa shape index (κ3) is 2.19. The first-order chi connectivity index (χ1) is 9.16. The molecule has 1 aromatic carbocycles. The van der Waals surface area contributed by atoms with Crippen LogP contribution in [0.5, 0.6) is 0 Å². The number of hydrogen-bond acceptors (Lipinski definition) is 4. The van der Waals surface area contributed by atoms with Crippen molar-refractivity contribution in [2.75, 3.05) is 25.0 Å². The van der Waals surface area contributed by atoms with Crippen LogP contribution in [0, 0.1) is 0 Å². The summed E-state index contributed by atoms with van der Waals surface area (Å²) in [4.78, 5) is 14.0. The highest BCUT2D eigenvalue weighted by Crippen LogP contribution is 2.27. The van der Waals surface area contributed by atoms with E-state index < -0.39 is 12.2 Å². The number of nitrogens with one attached hydrogen (secondary N) is 1. The zero-order chi connectivity index (χ0) is 13.4. The van der Waals surface area contributed by atoms with Crippen LogP contribution in [0.2, 0.25) is 0 Å². The zero-order valence-corrected chi connectivity index (χ0v) is 10.7. The maximum atomic E-state index is 12.5. The molecule has 1 aromatic rings. The molecule has 1 fully saturated rings. The van der Waals surface area contributed by atoms with Crippen molar-refractivity contribution in [3.8, 4) is 0 Å². The molecule has 5 heteroatoms. The van der Waals surface area contributed by atoms with E-state index in [1.54, 1.807) is 0 Å². The summed E-state index contributed by atoms with van der Waals surface area (Å²) in [6.45, 7) is 1.35. The van der Waals surface area contributed by atoms with Gasteiger partial charge in [0.25, 0.3) is 5.91 Å². The van der Waals surface area contributed by atoms with Crippen molar-refractivity contribution in [3.05, 3.63) is 29.3 Å². The fraction of sp³-hybridized carbons (Fsp3) is 0.500. The number of fused-ring (bicyclic) bond motifs is 1. The van der Waals surface area contributed by atoms with Gasteiger partial charge in [-0.2, -0.15) is 0 Å². The first-order valence-electron chi connectivity index (χ1n) is 6.68. The summed E-state index contributed by atoms with van der Waals surface area (Å²) in [5.41, 5.74) is 2.76. The maximum Gasteiger partial charge on any atom is 0.254 e. The van der Waals surface area contributed by atoms with Crippen LogP contribution in [0.4, 0.5) is 5.69 Å². The van der Waals surface area contributed by atoms with E-state index >= 15 is 0 Å². The van der Waals surface area contributed by atoms with E-state index in [-0.39, 0.29) is 19.0 Å². The quantitative estimate of drug-likeness (QED) is 0.677. The van der Waals surface area contributed by atoms with Crippen LogP contribution in [0.1, 0.15) is 22.3 Å². The van der Waals surface area contributed by atoms with E-state index in [1.165, 1.54) is 4.90 Å². The summed E-state index contributed by atoms with van der Waals surface area (Å²) in [6.07, 6.45) is 0.245. The lowest BCUT2D eigenvalue weighted by Gasteiger charge is -2.23. The van der Waals surface area contributed by atoms with E-state index in [9.17, 15) is 15.0 Å². The Morgan fingerprint density at radius 2 is 2.00 bits per heavy atom. The Bertz CT molecular complexity index is 493. The van der Waals surface area contributed by atoms with Gasteiger partial charge in [-0.15, -0.1) is 0 Å². The summed E-state index contributed by atoms with van der Waals surface area (Å²) in [5.74, 6) is -0.101. The smallest absolute Gasteiger partial charge is 0.254 e. The van der Waals surface area contributed by atoms with Gasteiger partial charge in [-0.1, -0.05) is 6.07 Å². The molecule has 1 saturated heterocycles. The summed E-state index contributed by atoms with van der Waals surface area (Å²) in [5, 5.41) is 22.4. The van der Waals surface area contributed by atoms with Crippen LogP contribution in [-0.4, -0.2) is 52.9 Å². The number of nitrogens with zero attached hydrogens (tertiary/aromatic N) is 1. The summed E-state index contributed by atoms with van der Waals surface area (Å²) >= 11 is 0. The molecule has 0 saturated carbocycles. The number of likely N-dealkylation sites (tertiary alicyclic amines) is 1. The molecule has 2 atom stereocenters. The Labute approximate surface area is 111 Å². The number of amides is 1. The minimum absolute atomic E-state index is 0.101. The minimum atomic E-state index is -0.832. The first kappa shape index (κ1) is 12.4. The molecule has 5 nitrogen and oxygen atoms in total. The molecule has 2 aliphatic heterocycles. The second kappa shape index (κ2) is 4.83. The van der Waals surface area contributed by atoms with Crippen molar-refractivity contribution in [2.45, 2.75) is 25.0 Å². The highest BCUT2D eigenvalue weighted by Gasteiger charge is 2.34. The number of hydrogen-bond donors (Lipinski definition) is 3. The molecule has 0 aromatic heterocycles. The van der Waals surface area contributed by atoms with Crippen LogP contribution >= 0.6 is 0 Å². The molecule has 2 unspecified atom stereocenters. The number of carbonyl (C=O) groups is 1. The number of rotatable bonds is 1. The number of benzene rings is 1. The van der Waals surface area contributed by atoms with Crippen molar-refractivity contribution in [2.24, 2.45) is 0 Å². The molecule has 19 heavy (non-hydrogen) atoms. The summed E-state index contributed by atoms with van der Waals surface area (Å²) < 4.78 is 0. The van der Waals surface area contributed by atoms with E-state index in [4.69, 9.17) is 0 Å². The molecule has 0 bridgehead atoms. The van der Waals surface area contributed by atoms with Crippen molar-refractivity contribution in [1.82, 2.24) is 4.90 Å². The average Bonchev–Trinajstić information content (AvgIpc) is 2.77. The number of aliphatic hydroxyl groups excluding tert-OH is 2. The van der Waals surface area contributed by atoms with E-state index in [0.717, 1.165) is 30.6 Å². The van der Waals surface area contributed by atoms with Gasteiger partial charge in [0.1, 0.15) is 0 Å². The highest BCUT2D eigenvalue weighted by atomic mass is 16.3. The molecule has 3 rings (SSSR count). The van der Waals surface area contributed by atoms with Crippen molar-refractivity contribution < 1.29 is 15.0 Å². The molecule has 3 N–H and O–H groups in total. The zero-order valence-electron chi connectivity index (χ0n) is 10.7. The minimum Gasteiger partial charge on any atom is -0.388 e. The molecular formula is C14H18N2O3. The molecule has 2 aliphatic rings. The SMILES string of the molecule is O=C(c1cccc2c1CCCN2)N1CC(O)C(O)C1. The van der Waals surface area contributed by atoms with Crippen LogP contribution in [0.3, 0.4) is 0 Å². The lowest BCUT2D eigenvalue weighted by molar-refractivity contribution is 0.0572. The van der Waals surface area contributed by atoms with Crippen LogP contribution in [0.15, 0.2) is 18.2 Å². The Balaban J connectivity index is 1.88. The Kier molecular flexibility index (Phi) is 3.16. The standard InChI is InChI=1S/C14H18N2O3/c17-12-7-16(8-13(12)18)14(19)10-3-1-5-11-9(10)4-2-6-15-11/h1,3,5,12-13,15,17-18H,2,4,6-8H2. The fourth-order valence-electron chi connectivity index (χ4n) is 2.82. The Morgan fingerprint density at radius 3 is 2.74 bits per heavy atom. The fourth-order valence-corrected chi connectivity index (χ4v) is 2.82. The number of aliphatic hydroxyl groups is 2. The maximum absolute atomic E-state index is 12.5. The van der Waals surface area contributed by atoms with Crippen molar-refractivity contribution in [3.63, 3.8) is 0 Å². The molecule has 0 spiro atoms. The number of β-amino-alcohol motifs (C(OH)–C–C–N with tert-alkyl or cyclic N) is 2. The van der Waals surface area contributed by atoms with E-state index in [0.29, 0.717) is 5.56 Å². The van der Waals surface area contributed by atoms with Gasteiger partial charge in [-0.05, 0) is 30.5 Å². The van der Waals surface area contributed by atoms with Gasteiger partial charge in [0.2, 0.25) is 0 Å². The van der Waals surface area contributed by atoms with Crippen LogP contribution < -0.4 is 5.32 Å². The first-order valence-corrected chi connectivity index (χ1v) is 6.68. The number of anilines is 1. The van der Waals surface area contributed by atoms with Crippen LogP contribution in [0.25, 0.3) is 0 Å². The topological polar surface area (TPSA) is 72.8 Å². The van der Waals surface area contributed by atoms with Gasteiger partial charge in [0, 0.05) is 30.9 Å². The lowest BCUT2D eigenvalue weighted by Crippen LogP contribution is -2.31. The average molecular weight is 262 g/mol. The summed E-state index contributed by atoms with van der Waals surface area (Å²) in [6, 6.07) is 5.68. The largest absolute Gasteiger partial charge is 0.388 e. The third-order valence-corrected chi connectivity index (χ3v) is 3.87. The predicted molar refractivity (Wildman–Crippen MR) is 71.2 cm³/mol. The summed E-state index contributed by atoms with van der Waals surface area (Å²) in [7, 11) is 0. The van der Waals surface area contributed by atoms with Crippen molar-refractivity contribution in [1.29, 1.82) is 0 Å². The molecule has 2 heterocycles. The molecular weight excluding hydrogens is 244 g/mol. The number of carbonyl (C=O) groups excluding carboxylic acids is 1. The van der Waals surface area contributed by atoms with Gasteiger partial charge in [0.15, 0.2) is 0 Å². The third-order valence-electron chi connectivity index (χ3n) is 3.87. The highest BCUT2D eigenvalue weighted by molar-refractivity contribution is 5.97. The van der Waals surface area contributed by atoms with Gasteiger partial charge < -0.3 is 20.4 Å². The molecule has 1 amide bonds.